The Hall–Kier alpha value is -0.810. The van der Waals surface area contributed by atoms with Crippen molar-refractivity contribution in [3.05, 3.63) is 19.7 Å². The molecular formula is C6H12N+. The van der Waals surface area contributed by atoms with Crippen LogP contribution in [0.25, 0.3) is 0 Å². The van der Waals surface area contributed by atoms with E-state index in [1.807, 2.05) is 14.1 Å². The van der Waals surface area contributed by atoms with Crippen molar-refractivity contribution < 1.29 is 4.58 Å². The molecule has 0 unspecified atom stereocenters. The third kappa shape index (κ3) is 37.3. The molecule has 0 radical (unpaired) electrons. The summed E-state index contributed by atoms with van der Waals surface area (Å²) in [5.41, 5.74) is 0. The van der Waals surface area contributed by atoms with Crippen molar-refractivity contribution in [2.45, 2.75) is 0 Å². The van der Waals surface area contributed by atoms with Crippen LogP contribution in [0, 0.1) is 0 Å². The van der Waals surface area contributed by atoms with Crippen LogP contribution in [0.1, 0.15) is 0 Å². The van der Waals surface area contributed by atoms with Crippen LogP contribution in [-0.4, -0.2) is 24.5 Å². The summed E-state index contributed by atoms with van der Waals surface area (Å²) in [6.45, 7) is 9.36. The van der Waals surface area contributed by atoms with E-state index in [1.165, 1.54) is 0 Å². The Morgan fingerprint density at radius 2 is 1.43 bits per heavy atom. The molecule has 0 atom stereocenters. The topological polar surface area (TPSA) is 3.01 Å². The molecule has 0 fully saturated rings. The summed E-state index contributed by atoms with van der Waals surface area (Å²) < 4.78 is 1.76. The minimum absolute atomic E-state index is 1.76. The molecule has 0 saturated heterocycles. The summed E-state index contributed by atoms with van der Waals surface area (Å²) >= 11 is 0. The predicted octanol–water partition coefficient (Wildman–Crippen LogP) is 0.916. The normalized spacial score (nSPS) is 4.86. The van der Waals surface area contributed by atoms with Gasteiger partial charge in [-0.05, 0) is 0 Å². The molecule has 0 aromatic heterocycles. The van der Waals surface area contributed by atoms with Crippen LogP contribution < -0.4 is 0 Å². The highest BCUT2D eigenvalue weighted by atomic mass is 14.9. The number of nitrogens with zero attached hydrogens (tertiary/aromatic N) is 1. The lowest BCUT2D eigenvalue weighted by Gasteiger charge is -1.65. The standard InChI is InChI=1S/C4H8N.C2H4/c1-4-5(2)3;1-2/h1H2,2-3H3;1-2H2/q+1;. The lowest BCUT2D eigenvalue weighted by Crippen LogP contribution is -1.89. The quantitative estimate of drug-likeness (QED) is 0.241. The van der Waals surface area contributed by atoms with Crippen LogP contribution in [-0.2, 0) is 0 Å². The molecule has 40 valence electrons. The second kappa shape index (κ2) is 8.95. The monoisotopic (exact) mass is 98.1 g/mol. The van der Waals surface area contributed by atoms with Gasteiger partial charge >= 0.3 is 0 Å². The smallest absolute Gasteiger partial charge is 0.158 e. The van der Waals surface area contributed by atoms with Gasteiger partial charge in [0, 0.05) is 6.58 Å². The van der Waals surface area contributed by atoms with E-state index in [-0.39, 0.29) is 0 Å². The Bertz CT molecular complexity index is 74.2. The first-order chi connectivity index (χ1) is 3.27. The summed E-state index contributed by atoms with van der Waals surface area (Å²) in [5.74, 6) is 2.61. The van der Waals surface area contributed by atoms with Gasteiger partial charge in [0.05, 0.1) is 0 Å². The number of rotatable bonds is 0. The molecule has 0 aromatic rings. The maximum Gasteiger partial charge on any atom is 0.158 e. The van der Waals surface area contributed by atoms with E-state index in [0.29, 0.717) is 0 Å². The summed E-state index contributed by atoms with van der Waals surface area (Å²) in [5, 5.41) is 0. The van der Waals surface area contributed by atoms with Gasteiger partial charge in [0.2, 0.25) is 0 Å². The molecule has 0 heterocycles. The summed E-state index contributed by atoms with van der Waals surface area (Å²) in [6.07, 6.45) is 0. The lowest BCUT2D eigenvalue weighted by molar-refractivity contribution is -0.456. The van der Waals surface area contributed by atoms with Crippen LogP contribution in [0.4, 0.5) is 0 Å². The molecule has 0 aromatic carbocycles. The molecule has 1 heteroatoms. The molecular weight excluding hydrogens is 86.1 g/mol. The Kier molecular flexibility index (Phi) is 12.1. The van der Waals surface area contributed by atoms with Crippen LogP contribution in [0.5, 0.6) is 0 Å². The van der Waals surface area contributed by atoms with Crippen LogP contribution >= 0.6 is 0 Å². The first kappa shape index (κ1) is 9.50. The highest BCUT2D eigenvalue weighted by Gasteiger charge is 1.61. The van der Waals surface area contributed by atoms with Crippen LogP contribution in [0.3, 0.4) is 0 Å². The third-order valence-corrected chi connectivity index (χ3v) is 0.316. The fourth-order valence-corrected chi connectivity index (χ4v) is 0. The van der Waals surface area contributed by atoms with E-state index in [0.717, 1.165) is 0 Å². The minimum atomic E-state index is 1.76. The molecule has 0 aliphatic rings. The van der Waals surface area contributed by atoms with Gasteiger partial charge in [-0.25, -0.2) is 0 Å². The first-order valence-electron chi connectivity index (χ1n) is 1.97. The minimum Gasteiger partial charge on any atom is -0.194 e. The van der Waals surface area contributed by atoms with E-state index in [2.05, 4.69) is 25.6 Å². The Labute approximate surface area is 45.3 Å². The highest BCUT2D eigenvalue weighted by Crippen LogP contribution is 1.36. The largest absolute Gasteiger partial charge is 0.194 e. The van der Waals surface area contributed by atoms with E-state index in [9.17, 15) is 0 Å². The van der Waals surface area contributed by atoms with Crippen molar-refractivity contribution in [3.8, 4) is 0 Å². The van der Waals surface area contributed by atoms with Crippen LogP contribution in [0.2, 0.25) is 0 Å². The lowest BCUT2D eigenvalue weighted by atomic mass is 11.0. The van der Waals surface area contributed by atoms with Crippen LogP contribution in [0.15, 0.2) is 19.7 Å². The van der Waals surface area contributed by atoms with E-state index >= 15 is 0 Å². The van der Waals surface area contributed by atoms with Crippen molar-refractivity contribution in [3.63, 3.8) is 0 Å². The number of hydrogen-bond donors (Lipinski definition) is 0. The molecule has 1 nitrogen and oxygen atoms in total. The van der Waals surface area contributed by atoms with Gasteiger partial charge in [-0.2, -0.15) is 4.58 Å². The van der Waals surface area contributed by atoms with Gasteiger partial charge in [0.1, 0.15) is 14.1 Å². The van der Waals surface area contributed by atoms with Crippen molar-refractivity contribution in [1.82, 2.24) is 0 Å². The molecule has 0 rings (SSSR count). The van der Waals surface area contributed by atoms with Crippen molar-refractivity contribution in [2.75, 3.05) is 14.1 Å². The zero-order valence-corrected chi connectivity index (χ0v) is 5.07. The molecule has 0 N–H and O–H groups in total. The fourth-order valence-electron chi connectivity index (χ4n) is 0. The van der Waals surface area contributed by atoms with Gasteiger partial charge < -0.3 is 0 Å². The third-order valence-electron chi connectivity index (χ3n) is 0.316. The van der Waals surface area contributed by atoms with Gasteiger partial charge in [-0.1, -0.05) is 0 Å². The summed E-state index contributed by atoms with van der Waals surface area (Å²) in [4.78, 5) is 0. The number of hydrogen-bond acceptors (Lipinski definition) is 0. The fraction of sp³-hybridized carbons (Fsp3) is 0.333. The zero-order chi connectivity index (χ0) is 6.28. The maximum absolute atomic E-state index is 3.36. The second-order valence-corrected chi connectivity index (χ2v) is 1.05. The molecule has 0 saturated carbocycles. The van der Waals surface area contributed by atoms with E-state index < -0.39 is 0 Å². The highest BCUT2D eigenvalue weighted by molar-refractivity contribution is 5.39. The molecule has 0 amide bonds. The van der Waals surface area contributed by atoms with Crippen molar-refractivity contribution in [1.29, 1.82) is 0 Å². The Morgan fingerprint density at radius 1 is 1.29 bits per heavy atom. The first-order valence-corrected chi connectivity index (χ1v) is 1.97. The van der Waals surface area contributed by atoms with Gasteiger partial charge in [-0.15, -0.1) is 13.2 Å². The maximum atomic E-state index is 3.36. The van der Waals surface area contributed by atoms with Gasteiger partial charge in [-0.3, -0.25) is 0 Å². The average Bonchev–Trinajstić information content (AvgIpc) is 1.73. The second-order valence-electron chi connectivity index (χ2n) is 1.05. The average molecular weight is 98.2 g/mol. The van der Waals surface area contributed by atoms with E-state index in [4.69, 9.17) is 0 Å². The van der Waals surface area contributed by atoms with Crippen molar-refractivity contribution >= 4 is 5.87 Å². The predicted molar refractivity (Wildman–Crippen MR) is 34.0 cm³/mol. The molecule has 0 bridgehead atoms. The molecule has 7 heavy (non-hydrogen) atoms. The Balaban J connectivity index is 0. The van der Waals surface area contributed by atoms with Gasteiger partial charge in [0.15, 0.2) is 5.87 Å². The molecule has 0 aliphatic heterocycles. The SMILES string of the molecule is C=C.C=C=[N+](C)C. The van der Waals surface area contributed by atoms with Crippen molar-refractivity contribution in [2.24, 2.45) is 0 Å². The zero-order valence-electron chi connectivity index (χ0n) is 5.07. The molecule has 0 spiro atoms. The van der Waals surface area contributed by atoms with E-state index in [1.54, 1.807) is 4.58 Å². The molecule has 0 aliphatic carbocycles. The Morgan fingerprint density at radius 3 is 1.43 bits per heavy atom. The summed E-state index contributed by atoms with van der Waals surface area (Å²) in [6, 6.07) is 0. The van der Waals surface area contributed by atoms with Gasteiger partial charge in [0.25, 0.3) is 0 Å². The summed E-state index contributed by atoms with van der Waals surface area (Å²) in [7, 11) is 3.76.